The number of hydrogen-bond acceptors (Lipinski definition) is 2. The van der Waals surface area contributed by atoms with Gasteiger partial charge in [0.2, 0.25) is 0 Å². The molecule has 0 fully saturated rings. The summed E-state index contributed by atoms with van der Waals surface area (Å²) in [7, 11) is 0. The standard InChI is InChI=1S/C10H18N2/c1-9(2,3)12-7-6-10(4,5)11-8-12/h6-8H,1-5H3. The van der Waals surface area contributed by atoms with Crippen LogP contribution in [0.1, 0.15) is 34.6 Å². The summed E-state index contributed by atoms with van der Waals surface area (Å²) in [5, 5.41) is 0. The maximum absolute atomic E-state index is 4.42. The fourth-order valence-electron chi connectivity index (χ4n) is 0.952. The van der Waals surface area contributed by atoms with Crippen molar-refractivity contribution in [2.45, 2.75) is 45.7 Å². The minimum absolute atomic E-state index is 0.0260. The minimum atomic E-state index is -0.0260. The Morgan fingerprint density at radius 1 is 1.25 bits per heavy atom. The number of aliphatic imine (C=N–C) groups is 1. The molecule has 1 heterocycles. The zero-order valence-corrected chi connectivity index (χ0v) is 8.63. The lowest BCUT2D eigenvalue weighted by atomic mass is 10.0. The first kappa shape index (κ1) is 9.30. The monoisotopic (exact) mass is 166 g/mol. The van der Waals surface area contributed by atoms with E-state index >= 15 is 0 Å². The van der Waals surface area contributed by atoms with E-state index in [9.17, 15) is 0 Å². The maximum atomic E-state index is 4.42. The van der Waals surface area contributed by atoms with E-state index in [1.807, 2.05) is 6.34 Å². The van der Waals surface area contributed by atoms with Gasteiger partial charge in [-0.05, 0) is 40.7 Å². The van der Waals surface area contributed by atoms with Gasteiger partial charge in [-0.15, -0.1) is 0 Å². The van der Waals surface area contributed by atoms with Gasteiger partial charge in [-0.1, -0.05) is 0 Å². The molecule has 1 aliphatic heterocycles. The van der Waals surface area contributed by atoms with Crippen LogP contribution in [0.4, 0.5) is 0 Å². The molecule has 0 spiro atoms. The molecule has 1 rings (SSSR count). The zero-order chi connectivity index (χ0) is 9.41. The molecule has 0 aliphatic carbocycles. The third kappa shape index (κ3) is 2.10. The fraction of sp³-hybridized carbons (Fsp3) is 0.700. The molecule has 0 N–H and O–H groups in total. The summed E-state index contributed by atoms with van der Waals surface area (Å²) in [5.41, 5.74) is 0.109. The highest BCUT2D eigenvalue weighted by Crippen LogP contribution is 2.20. The Morgan fingerprint density at radius 2 is 1.83 bits per heavy atom. The Morgan fingerprint density at radius 3 is 2.17 bits per heavy atom. The molecule has 0 saturated carbocycles. The summed E-state index contributed by atoms with van der Waals surface area (Å²) in [5.74, 6) is 0. The van der Waals surface area contributed by atoms with Crippen molar-refractivity contribution >= 4 is 6.34 Å². The molecular weight excluding hydrogens is 148 g/mol. The first-order chi connectivity index (χ1) is 5.31. The van der Waals surface area contributed by atoms with E-state index in [2.05, 4.69) is 56.8 Å². The van der Waals surface area contributed by atoms with Gasteiger partial charge in [0.1, 0.15) is 0 Å². The van der Waals surface area contributed by atoms with Crippen molar-refractivity contribution in [3.05, 3.63) is 12.3 Å². The van der Waals surface area contributed by atoms with Crippen LogP contribution in [-0.2, 0) is 0 Å². The van der Waals surface area contributed by atoms with Gasteiger partial charge in [0, 0.05) is 11.7 Å². The molecule has 0 atom stereocenters. The van der Waals surface area contributed by atoms with Crippen LogP contribution in [0.25, 0.3) is 0 Å². The number of nitrogens with zero attached hydrogens (tertiary/aromatic N) is 2. The van der Waals surface area contributed by atoms with Crippen LogP contribution in [0.3, 0.4) is 0 Å². The number of rotatable bonds is 0. The molecule has 0 aromatic carbocycles. The van der Waals surface area contributed by atoms with Crippen molar-refractivity contribution in [2.75, 3.05) is 0 Å². The quantitative estimate of drug-likeness (QED) is 0.539. The van der Waals surface area contributed by atoms with E-state index in [0.717, 1.165) is 0 Å². The van der Waals surface area contributed by atoms with Crippen LogP contribution >= 0.6 is 0 Å². The smallest absolute Gasteiger partial charge is 0.0905 e. The second-order valence-electron chi connectivity index (χ2n) is 4.79. The normalized spacial score (nSPS) is 21.6. The van der Waals surface area contributed by atoms with Crippen LogP contribution in [0.2, 0.25) is 0 Å². The van der Waals surface area contributed by atoms with Gasteiger partial charge in [0.15, 0.2) is 0 Å². The van der Waals surface area contributed by atoms with Crippen LogP contribution < -0.4 is 0 Å². The average Bonchev–Trinajstić information content (AvgIpc) is 1.83. The molecule has 0 unspecified atom stereocenters. The highest BCUT2D eigenvalue weighted by atomic mass is 15.2. The van der Waals surface area contributed by atoms with Crippen LogP contribution in [0.15, 0.2) is 17.3 Å². The lowest BCUT2D eigenvalue weighted by molar-refractivity contribution is 0.310. The third-order valence-electron chi connectivity index (χ3n) is 1.93. The van der Waals surface area contributed by atoms with E-state index in [1.165, 1.54) is 0 Å². The second-order valence-corrected chi connectivity index (χ2v) is 4.79. The van der Waals surface area contributed by atoms with Gasteiger partial charge >= 0.3 is 0 Å². The minimum Gasteiger partial charge on any atom is -0.334 e. The Labute approximate surface area is 75.0 Å². The first-order valence-electron chi connectivity index (χ1n) is 4.34. The topological polar surface area (TPSA) is 15.6 Å². The van der Waals surface area contributed by atoms with Crippen molar-refractivity contribution < 1.29 is 0 Å². The van der Waals surface area contributed by atoms with Crippen molar-refractivity contribution in [1.82, 2.24) is 4.90 Å². The molecule has 0 saturated heterocycles. The molecule has 1 aliphatic rings. The van der Waals surface area contributed by atoms with Gasteiger partial charge in [0.25, 0.3) is 0 Å². The van der Waals surface area contributed by atoms with Crippen molar-refractivity contribution in [2.24, 2.45) is 4.99 Å². The van der Waals surface area contributed by atoms with E-state index in [4.69, 9.17) is 0 Å². The zero-order valence-electron chi connectivity index (χ0n) is 8.63. The second kappa shape index (κ2) is 2.61. The van der Waals surface area contributed by atoms with Gasteiger partial charge in [-0.2, -0.15) is 0 Å². The van der Waals surface area contributed by atoms with Crippen LogP contribution in [0, 0.1) is 0 Å². The van der Waals surface area contributed by atoms with Gasteiger partial charge in [-0.3, -0.25) is 4.99 Å². The maximum Gasteiger partial charge on any atom is 0.0905 e. The molecule has 68 valence electrons. The van der Waals surface area contributed by atoms with Crippen molar-refractivity contribution in [3.63, 3.8) is 0 Å². The Balaban J connectivity index is 2.75. The summed E-state index contributed by atoms with van der Waals surface area (Å²) in [6.45, 7) is 10.7. The first-order valence-corrected chi connectivity index (χ1v) is 4.34. The summed E-state index contributed by atoms with van der Waals surface area (Å²) in [4.78, 5) is 6.55. The molecule has 0 radical (unpaired) electrons. The largest absolute Gasteiger partial charge is 0.334 e. The van der Waals surface area contributed by atoms with Crippen LogP contribution in [-0.4, -0.2) is 22.3 Å². The Hall–Kier alpha value is -0.790. The molecule has 0 aromatic rings. The highest BCUT2D eigenvalue weighted by Gasteiger charge is 2.21. The summed E-state index contributed by atoms with van der Waals surface area (Å²) in [6.07, 6.45) is 6.14. The molecular formula is C10H18N2. The molecule has 12 heavy (non-hydrogen) atoms. The van der Waals surface area contributed by atoms with Gasteiger partial charge in [0.05, 0.1) is 11.9 Å². The predicted molar refractivity (Wildman–Crippen MR) is 53.3 cm³/mol. The molecule has 0 aromatic heterocycles. The molecule has 0 amide bonds. The summed E-state index contributed by atoms with van der Waals surface area (Å²) < 4.78 is 0. The van der Waals surface area contributed by atoms with Crippen molar-refractivity contribution in [3.8, 4) is 0 Å². The van der Waals surface area contributed by atoms with E-state index in [1.54, 1.807) is 0 Å². The van der Waals surface area contributed by atoms with E-state index in [0.29, 0.717) is 0 Å². The fourth-order valence-corrected chi connectivity index (χ4v) is 0.952. The molecule has 2 nitrogen and oxygen atoms in total. The van der Waals surface area contributed by atoms with Gasteiger partial charge < -0.3 is 4.90 Å². The summed E-state index contributed by atoms with van der Waals surface area (Å²) >= 11 is 0. The lowest BCUT2D eigenvalue weighted by Crippen LogP contribution is -2.39. The Kier molecular flexibility index (Phi) is 2.02. The summed E-state index contributed by atoms with van der Waals surface area (Å²) in [6, 6.07) is 0. The average molecular weight is 166 g/mol. The van der Waals surface area contributed by atoms with Crippen molar-refractivity contribution in [1.29, 1.82) is 0 Å². The van der Waals surface area contributed by atoms with E-state index < -0.39 is 0 Å². The third-order valence-corrected chi connectivity index (χ3v) is 1.93. The molecule has 0 bridgehead atoms. The predicted octanol–water partition coefficient (Wildman–Crippen LogP) is 2.42. The number of hydrogen-bond donors (Lipinski definition) is 0. The lowest BCUT2D eigenvalue weighted by Gasteiger charge is -2.34. The highest BCUT2D eigenvalue weighted by molar-refractivity contribution is 5.60. The Bertz CT molecular complexity index is 202. The molecule has 2 heteroatoms. The SMILES string of the molecule is CC1(C)C=CN(C(C)(C)C)C=N1. The van der Waals surface area contributed by atoms with Gasteiger partial charge in [-0.25, -0.2) is 0 Å². The van der Waals surface area contributed by atoms with Crippen LogP contribution in [0.5, 0.6) is 0 Å². The van der Waals surface area contributed by atoms with E-state index in [-0.39, 0.29) is 11.1 Å².